The molecule has 8 saturated heterocycles. The minimum absolute atomic E-state index is 0. The Hall–Kier alpha value is -1.88. The molecule has 10 aliphatic rings. The van der Waals surface area contributed by atoms with Gasteiger partial charge >= 0.3 is 41.5 Å². The van der Waals surface area contributed by atoms with E-state index in [0.717, 1.165) is 12.8 Å². The predicted molar refractivity (Wildman–Crippen MR) is 397 cm³/mol. The Kier molecular flexibility index (Phi) is 30.2. The van der Waals surface area contributed by atoms with Crippen LogP contribution < -0.4 is 29.6 Å². The number of rotatable bonds is 24. The van der Waals surface area contributed by atoms with Crippen LogP contribution in [0.1, 0.15) is 267 Å². The summed E-state index contributed by atoms with van der Waals surface area (Å²) in [4.78, 5) is 52.7. The van der Waals surface area contributed by atoms with E-state index in [2.05, 4.69) is 41.5 Å². The normalized spacial score (nSPS) is 45.7. The largest absolute Gasteiger partial charge is 1.00 e. The Labute approximate surface area is 661 Å². The molecule has 608 valence electrons. The number of aliphatic carboxylic acids is 2. The van der Waals surface area contributed by atoms with E-state index in [-0.39, 0.29) is 113 Å². The van der Waals surface area contributed by atoms with Crippen molar-refractivity contribution >= 4 is 23.5 Å². The molecule has 8 fully saturated rings. The van der Waals surface area contributed by atoms with Crippen molar-refractivity contribution in [3.8, 4) is 0 Å². The van der Waals surface area contributed by atoms with Gasteiger partial charge in [-0.25, -0.2) is 0 Å². The quantitative estimate of drug-likeness (QED) is 0.0329. The maximum atomic E-state index is 14.4. The molecule has 10 aliphatic heterocycles. The maximum Gasteiger partial charge on any atom is 1.00 e. The van der Waals surface area contributed by atoms with Crippen molar-refractivity contribution in [1.82, 2.24) is 0 Å². The number of Topliss-reactive ketones (excluding diaryl/α,β-unsaturated/α-hetero) is 2. The molecule has 0 unspecified atom stereocenters. The molecule has 107 heavy (non-hydrogen) atoms. The van der Waals surface area contributed by atoms with E-state index in [1.165, 1.54) is 0 Å². The molecule has 0 aromatic carbocycles. The van der Waals surface area contributed by atoms with Crippen LogP contribution in [-0.4, -0.2) is 195 Å². The molecule has 22 nitrogen and oxygen atoms in total. The smallest absolute Gasteiger partial charge is 0.481 e. The molecule has 10 rings (SSSR count). The van der Waals surface area contributed by atoms with Crippen LogP contribution in [0.5, 0.6) is 0 Å². The van der Waals surface area contributed by atoms with Crippen LogP contribution in [0.4, 0.5) is 0 Å². The third-order valence-corrected chi connectivity index (χ3v) is 28.9. The van der Waals surface area contributed by atoms with E-state index in [4.69, 9.17) is 47.4 Å². The number of aliphatic hydroxyl groups is 6. The fourth-order valence-electron chi connectivity index (χ4n) is 21.0. The number of ether oxygens (including phenoxy) is 10. The van der Waals surface area contributed by atoms with Crippen LogP contribution >= 0.6 is 0 Å². The van der Waals surface area contributed by atoms with Gasteiger partial charge in [-0.1, -0.05) is 111 Å². The summed E-state index contributed by atoms with van der Waals surface area (Å²) in [6.07, 6.45) is 11.0. The average Bonchev–Trinajstić information content (AvgIpc) is 1.64. The summed E-state index contributed by atoms with van der Waals surface area (Å²) in [7, 11) is 0. The molecule has 36 atom stereocenters. The molecular formula is C84H140NaO22+. The van der Waals surface area contributed by atoms with Crippen LogP contribution in [0, 0.1) is 82.9 Å². The first-order valence-corrected chi connectivity index (χ1v) is 41.5. The average molecular weight is 1530 g/mol. The minimum Gasteiger partial charge on any atom is -0.481 e. The summed E-state index contributed by atoms with van der Waals surface area (Å²) >= 11 is 0. The summed E-state index contributed by atoms with van der Waals surface area (Å²) in [6.45, 7) is 39.2. The van der Waals surface area contributed by atoms with Gasteiger partial charge in [-0.15, -0.1) is 0 Å². The third kappa shape index (κ3) is 17.9. The van der Waals surface area contributed by atoms with Crippen molar-refractivity contribution in [2.24, 2.45) is 82.9 Å². The summed E-state index contributed by atoms with van der Waals surface area (Å²) < 4.78 is 67.0. The minimum atomic E-state index is -1.37. The van der Waals surface area contributed by atoms with Crippen LogP contribution in [0.25, 0.3) is 0 Å². The first-order chi connectivity index (χ1) is 49.6. The standard InChI is InChI=1S/2C42H70O11.Na/c2*1-11-29(38(46)47)31-15-14-23(4)36(50-31)27(8)34(44)26(7)35(45)30(12-2)37-24(5)22-25(6)41(51-37)19-16-32(43)42(53-41)21-20-39(10,52-42)33-17-18-40(48,13-3)28(9)49-33;/h2*16,19,23-34,36-37,43-44,48H,11-15,17-18,20-22H2,1-10H3,(H,46,47);/q;;+1/t2*23-,24-,25+,26-,27-,28-,29+,30-,31+,32+,33+,34+,36+,37-,39-,40+,41-,42-;/m00./s1. The summed E-state index contributed by atoms with van der Waals surface area (Å²) in [6, 6.07) is 0. The van der Waals surface area contributed by atoms with Crippen LogP contribution in [0.15, 0.2) is 24.3 Å². The third-order valence-electron chi connectivity index (χ3n) is 28.9. The van der Waals surface area contributed by atoms with E-state index in [1.54, 1.807) is 38.2 Å². The van der Waals surface area contributed by atoms with Gasteiger partial charge < -0.3 is 88.2 Å². The monoisotopic (exact) mass is 1520 g/mol. The van der Waals surface area contributed by atoms with Gasteiger partial charge in [0.2, 0.25) is 11.6 Å². The molecule has 0 amide bonds. The van der Waals surface area contributed by atoms with Crippen molar-refractivity contribution in [2.45, 2.75) is 398 Å². The predicted octanol–water partition coefficient (Wildman–Crippen LogP) is 9.38. The zero-order chi connectivity index (χ0) is 78.5. The Balaban J connectivity index is 0.000000267. The van der Waals surface area contributed by atoms with E-state index in [0.29, 0.717) is 116 Å². The number of carboxylic acid groups (broad SMARTS) is 2. The Morgan fingerprint density at radius 1 is 0.449 bits per heavy atom. The molecule has 0 saturated carbocycles. The molecule has 4 spiro atoms. The molecule has 0 aromatic heterocycles. The topological polar surface area (TPSA) is 322 Å². The van der Waals surface area contributed by atoms with E-state index in [9.17, 15) is 60.0 Å². The maximum absolute atomic E-state index is 14.4. The van der Waals surface area contributed by atoms with E-state index >= 15 is 0 Å². The van der Waals surface area contributed by atoms with E-state index in [1.807, 2.05) is 83.1 Å². The first kappa shape index (κ1) is 90.7. The van der Waals surface area contributed by atoms with E-state index < -0.39 is 154 Å². The molecule has 8 N–H and O–H groups in total. The molecule has 0 radical (unpaired) electrons. The number of carbonyl (C=O) groups excluding carboxylic acids is 2. The summed E-state index contributed by atoms with van der Waals surface area (Å²) in [5, 5.41) is 87.9. The molecule has 0 aromatic rings. The summed E-state index contributed by atoms with van der Waals surface area (Å²) in [5.41, 5.74) is -3.26. The van der Waals surface area contributed by atoms with Crippen LogP contribution in [0.3, 0.4) is 0 Å². The zero-order valence-electron chi connectivity index (χ0n) is 68.9. The Bertz CT molecular complexity index is 2850. The van der Waals surface area contributed by atoms with Gasteiger partial charge in [-0.05, 0) is 191 Å². The number of ketones is 2. The van der Waals surface area contributed by atoms with Crippen molar-refractivity contribution in [1.29, 1.82) is 0 Å². The Morgan fingerprint density at radius 2 is 0.785 bits per heavy atom. The van der Waals surface area contributed by atoms with Gasteiger partial charge in [-0.2, -0.15) is 0 Å². The molecule has 0 aliphatic carbocycles. The SMILES string of the molecule is CC[C@@H](C(=O)[C@@H](C)[C@@H](O)[C@H](C)[C@@H]1O[C@@H]([C@@H](CC)C(=O)O)CC[C@@H]1C)[C@H]1O[C@]2(C=C[C@@H](O)[C@]3(CC[C@@](C)([C@H]4CC[C@](O)(CC)[C@H](C)O4)O3)O2)[C@H](C)C[C@@H]1C.CC[C@@H](C(=O)[C@@H](C)[C@@H](O)[C@H](C)[C@@H]1O[C@@H]([C@@H](CC)C(=O)O)CC[C@@H]1C)[C@H]1O[C@]2(C=C[C@@H](O)[C@]3(CC[C@@](C)([C@H]4CC[C@](O)(CC)[C@H](C)O4)O3)O2)[C@H](C)C[C@@H]1C.[Na+]. The van der Waals surface area contributed by atoms with Gasteiger partial charge in [0.05, 0.1) is 107 Å². The molecule has 10 heterocycles. The zero-order valence-corrected chi connectivity index (χ0v) is 70.9. The van der Waals surface area contributed by atoms with Crippen molar-refractivity contribution in [3.63, 3.8) is 0 Å². The second-order valence-electron chi connectivity index (χ2n) is 35.8. The van der Waals surface area contributed by atoms with Crippen molar-refractivity contribution < 1.29 is 137 Å². The van der Waals surface area contributed by atoms with Gasteiger partial charge in [0.25, 0.3) is 0 Å². The van der Waals surface area contributed by atoms with Crippen molar-refractivity contribution in [2.75, 3.05) is 0 Å². The van der Waals surface area contributed by atoms with Crippen LogP contribution in [-0.2, 0) is 66.5 Å². The fraction of sp³-hybridized carbons (Fsp3) is 0.905. The van der Waals surface area contributed by atoms with Crippen molar-refractivity contribution in [3.05, 3.63) is 24.3 Å². The second kappa shape index (κ2) is 35.7. The van der Waals surface area contributed by atoms with Gasteiger partial charge in [0.15, 0.2) is 11.6 Å². The number of carbonyl (C=O) groups is 4. The number of hydrogen-bond donors (Lipinski definition) is 8. The summed E-state index contributed by atoms with van der Waals surface area (Å²) in [5.74, 6) is -11.6. The molecular weight excluding hydrogens is 1380 g/mol. The van der Waals surface area contributed by atoms with Gasteiger partial charge in [0, 0.05) is 60.2 Å². The number of carboxylic acids is 2. The molecule has 0 bridgehead atoms. The van der Waals surface area contributed by atoms with Gasteiger partial charge in [0.1, 0.15) is 23.8 Å². The molecule has 23 heteroatoms. The number of hydrogen-bond acceptors (Lipinski definition) is 20. The first-order valence-electron chi connectivity index (χ1n) is 41.5. The van der Waals surface area contributed by atoms with Crippen LogP contribution in [0.2, 0.25) is 0 Å². The van der Waals surface area contributed by atoms with Gasteiger partial charge in [-0.3, -0.25) is 19.2 Å². The fourth-order valence-corrected chi connectivity index (χ4v) is 21.0. The second-order valence-corrected chi connectivity index (χ2v) is 35.8. The Morgan fingerprint density at radius 3 is 1.08 bits per heavy atom. The number of aliphatic hydroxyl groups excluding tert-OH is 4.